The number of amides is 3. The largest absolute Gasteiger partial charge is 0.506 e. The van der Waals surface area contributed by atoms with Crippen LogP contribution < -0.4 is 20.1 Å². The Morgan fingerprint density at radius 1 is 1.13 bits per heavy atom. The Kier molecular flexibility index (Phi) is 6.08. The first kappa shape index (κ1) is 21.1. The van der Waals surface area contributed by atoms with Gasteiger partial charge in [-0.25, -0.2) is 4.79 Å². The lowest BCUT2D eigenvalue weighted by Crippen LogP contribution is -2.46. The number of urea groups is 1. The monoisotopic (exact) mass is 445 g/mol. The van der Waals surface area contributed by atoms with Crippen LogP contribution >= 0.6 is 11.6 Å². The van der Waals surface area contributed by atoms with Gasteiger partial charge < -0.3 is 30.1 Å². The molecule has 0 aliphatic carbocycles. The smallest absolute Gasteiger partial charge is 0.317 e. The lowest BCUT2D eigenvalue weighted by Gasteiger charge is -2.32. The van der Waals surface area contributed by atoms with Crippen molar-refractivity contribution in [2.24, 2.45) is 5.92 Å². The summed E-state index contributed by atoms with van der Waals surface area (Å²) >= 11 is 5.93. The quantitative estimate of drug-likeness (QED) is 0.620. The van der Waals surface area contributed by atoms with Crippen molar-refractivity contribution >= 4 is 29.2 Å². The Bertz CT molecular complexity index is 991. The third-order valence-corrected chi connectivity index (χ3v) is 5.84. The predicted octanol–water partition coefficient (Wildman–Crippen LogP) is 3.90. The molecule has 31 heavy (non-hydrogen) atoms. The molecule has 9 heteroatoms. The maximum atomic E-state index is 12.7. The minimum Gasteiger partial charge on any atom is -0.506 e. The van der Waals surface area contributed by atoms with Crippen molar-refractivity contribution in [3.8, 4) is 17.2 Å². The van der Waals surface area contributed by atoms with Gasteiger partial charge in [0.15, 0.2) is 11.5 Å². The number of benzene rings is 2. The van der Waals surface area contributed by atoms with E-state index in [9.17, 15) is 14.7 Å². The molecule has 2 aliphatic rings. The number of phenolic OH excluding ortho intramolecular Hbond substituents is 1. The van der Waals surface area contributed by atoms with E-state index in [2.05, 4.69) is 10.6 Å². The number of likely N-dealkylation sites (tertiary alicyclic amines) is 1. The zero-order valence-corrected chi connectivity index (χ0v) is 17.8. The fraction of sp³-hybridized carbons (Fsp3) is 0.364. The number of phenols is 1. The van der Waals surface area contributed by atoms with Gasteiger partial charge in [-0.15, -0.1) is 0 Å². The summed E-state index contributed by atoms with van der Waals surface area (Å²) in [7, 11) is 0. The highest BCUT2D eigenvalue weighted by Gasteiger charge is 2.28. The van der Waals surface area contributed by atoms with E-state index in [4.69, 9.17) is 21.1 Å². The summed E-state index contributed by atoms with van der Waals surface area (Å²) in [6.07, 6.45) is 1.08. The maximum absolute atomic E-state index is 12.7. The molecule has 2 heterocycles. The first-order valence-corrected chi connectivity index (χ1v) is 10.5. The summed E-state index contributed by atoms with van der Waals surface area (Å²) in [6, 6.07) is 9.73. The molecule has 1 atom stereocenters. The van der Waals surface area contributed by atoms with Gasteiger partial charge in [0.05, 0.1) is 11.7 Å². The van der Waals surface area contributed by atoms with Crippen LogP contribution in [-0.4, -0.2) is 41.8 Å². The lowest BCUT2D eigenvalue weighted by atomic mass is 9.96. The first-order chi connectivity index (χ1) is 14.9. The Morgan fingerprint density at radius 3 is 2.65 bits per heavy atom. The van der Waals surface area contributed by atoms with E-state index in [0.29, 0.717) is 42.5 Å². The van der Waals surface area contributed by atoms with Gasteiger partial charge in [-0.3, -0.25) is 4.79 Å². The molecule has 2 aromatic carbocycles. The highest BCUT2D eigenvalue weighted by atomic mass is 35.5. The molecule has 0 aromatic heterocycles. The predicted molar refractivity (Wildman–Crippen MR) is 116 cm³/mol. The number of carbonyl (C=O) groups is 2. The molecular weight excluding hydrogens is 422 g/mol. The Morgan fingerprint density at radius 2 is 1.87 bits per heavy atom. The highest BCUT2D eigenvalue weighted by Crippen LogP contribution is 2.34. The molecule has 8 nitrogen and oxygen atoms in total. The summed E-state index contributed by atoms with van der Waals surface area (Å²) in [5.41, 5.74) is 1.21. The number of aromatic hydroxyl groups is 1. The number of fused-ring (bicyclic) bond motifs is 1. The summed E-state index contributed by atoms with van der Waals surface area (Å²) in [5.74, 6) is 0.914. The fourth-order valence-electron chi connectivity index (χ4n) is 3.73. The lowest BCUT2D eigenvalue weighted by molar-refractivity contribution is -0.121. The number of rotatable bonds is 4. The van der Waals surface area contributed by atoms with Crippen LogP contribution in [0.25, 0.3) is 0 Å². The normalized spacial score (nSPS) is 16.6. The molecule has 164 valence electrons. The second-order valence-electron chi connectivity index (χ2n) is 7.70. The van der Waals surface area contributed by atoms with Crippen LogP contribution in [0.3, 0.4) is 0 Å². The summed E-state index contributed by atoms with van der Waals surface area (Å²) < 4.78 is 10.7. The molecule has 0 radical (unpaired) electrons. The Labute approximate surface area is 185 Å². The second kappa shape index (κ2) is 8.93. The van der Waals surface area contributed by atoms with Crippen LogP contribution in [0, 0.1) is 5.92 Å². The average molecular weight is 446 g/mol. The van der Waals surface area contributed by atoms with Crippen LogP contribution in [0.2, 0.25) is 5.02 Å². The zero-order chi connectivity index (χ0) is 22.0. The van der Waals surface area contributed by atoms with Crippen LogP contribution in [-0.2, 0) is 4.79 Å². The van der Waals surface area contributed by atoms with Gasteiger partial charge >= 0.3 is 6.03 Å². The van der Waals surface area contributed by atoms with Crippen LogP contribution in [0.1, 0.15) is 31.4 Å². The summed E-state index contributed by atoms with van der Waals surface area (Å²) in [5, 5.41) is 16.0. The van der Waals surface area contributed by atoms with E-state index in [0.717, 1.165) is 5.56 Å². The molecule has 1 fully saturated rings. The molecule has 3 amide bonds. The number of ether oxygens (including phenoxy) is 2. The number of carbonyl (C=O) groups excluding carboxylic acids is 2. The Balaban J connectivity index is 1.28. The number of nitrogens with one attached hydrogen (secondary N) is 2. The minimum absolute atomic E-state index is 0.0351. The van der Waals surface area contributed by atoms with Crippen molar-refractivity contribution in [3.63, 3.8) is 0 Å². The molecule has 2 aliphatic heterocycles. The number of piperidine rings is 1. The molecule has 0 spiro atoms. The van der Waals surface area contributed by atoms with Gasteiger partial charge in [0.2, 0.25) is 12.7 Å². The standard InChI is InChI=1S/C22H24ClN3O5/c1-13(15-2-5-19-20(10-15)31-12-30-19)24-22(29)26-8-6-14(7-9-26)21(28)25-17-11-16(23)3-4-18(17)27/h2-5,10-11,13-14,27H,6-9,12H2,1H3,(H,24,29)(H,25,28). The van der Waals surface area contributed by atoms with Gasteiger partial charge in [-0.1, -0.05) is 17.7 Å². The van der Waals surface area contributed by atoms with Gasteiger partial charge in [-0.05, 0) is 55.7 Å². The van der Waals surface area contributed by atoms with Gasteiger partial charge in [-0.2, -0.15) is 0 Å². The second-order valence-corrected chi connectivity index (χ2v) is 8.13. The van der Waals surface area contributed by atoms with Crippen molar-refractivity contribution in [1.82, 2.24) is 10.2 Å². The number of halogens is 1. The maximum Gasteiger partial charge on any atom is 0.317 e. The van der Waals surface area contributed by atoms with E-state index in [1.807, 2.05) is 25.1 Å². The first-order valence-electron chi connectivity index (χ1n) is 10.1. The third kappa shape index (κ3) is 4.80. The highest BCUT2D eigenvalue weighted by molar-refractivity contribution is 6.31. The molecule has 0 saturated carbocycles. The average Bonchev–Trinajstić information content (AvgIpc) is 3.24. The van der Waals surface area contributed by atoms with Crippen LogP contribution in [0.5, 0.6) is 17.2 Å². The van der Waals surface area contributed by atoms with Crippen LogP contribution in [0.15, 0.2) is 36.4 Å². The number of hydrogen-bond donors (Lipinski definition) is 3. The molecule has 1 saturated heterocycles. The number of hydrogen-bond acceptors (Lipinski definition) is 5. The zero-order valence-electron chi connectivity index (χ0n) is 17.1. The molecule has 2 aromatic rings. The van der Waals surface area contributed by atoms with Gasteiger partial charge in [0.25, 0.3) is 0 Å². The van der Waals surface area contributed by atoms with E-state index < -0.39 is 0 Å². The van der Waals surface area contributed by atoms with Crippen molar-refractivity contribution in [2.45, 2.75) is 25.8 Å². The van der Waals surface area contributed by atoms with E-state index in [-0.39, 0.29) is 42.1 Å². The van der Waals surface area contributed by atoms with E-state index in [1.165, 1.54) is 12.1 Å². The third-order valence-electron chi connectivity index (χ3n) is 5.61. The molecule has 0 bridgehead atoms. The van der Waals surface area contributed by atoms with Crippen molar-refractivity contribution in [2.75, 3.05) is 25.2 Å². The number of nitrogens with zero attached hydrogens (tertiary/aromatic N) is 1. The van der Waals surface area contributed by atoms with E-state index >= 15 is 0 Å². The molecule has 4 rings (SSSR count). The summed E-state index contributed by atoms with van der Waals surface area (Å²) in [6.45, 7) is 3.06. The topological polar surface area (TPSA) is 100 Å². The van der Waals surface area contributed by atoms with Gasteiger partial charge in [0, 0.05) is 24.0 Å². The number of anilines is 1. The molecule has 1 unspecified atom stereocenters. The van der Waals surface area contributed by atoms with Crippen LogP contribution in [0.4, 0.5) is 10.5 Å². The molecular formula is C22H24ClN3O5. The van der Waals surface area contributed by atoms with E-state index in [1.54, 1.807) is 11.0 Å². The molecule has 3 N–H and O–H groups in total. The van der Waals surface area contributed by atoms with Gasteiger partial charge in [0.1, 0.15) is 5.75 Å². The van der Waals surface area contributed by atoms with Crippen molar-refractivity contribution in [3.05, 3.63) is 47.0 Å². The fourth-order valence-corrected chi connectivity index (χ4v) is 3.90. The Hall–Kier alpha value is -3.13. The SMILES string of the molecule is CC(NC(=O)N1CCC(C(=O)Nc2cc(Cl)ccc2O)CC1)c1ccc2c(c1)OCO2. The summed E-state index contributed by atoms with van der Waals surface area (Å²) in [4.78, 5) is 26.9. The van der Waals surface area contributed by atoms with Crippen molar-refractivity contribution < 1.29 is 24.2 Å². The van der Waals surface area contributed by atoms with Crippen molar-refractivity contribution in [1.29, 1.82) is 0 Å². The minimum atomic E-state index is -0.242.